The van der Waals surface area contributed by atoms with E-state index in [0.717, 1.165) is 10.6 Å². The molecule has 0 saturated heterocycles. The Balaban J connectivity index is 2.25. The molecule has 0 fully saturated rings. The summed E-state index contributed by atoms with van der Waals surface area (Å²) in [5.74, 6) is -0.174. The summed E-state index contributed by atoms with van der Waals surface area (Å²) in [7, 11) is -2.27. The fourth-order valence-corrected chi connectivity index (χ4v) is 3.23. The lowest BCUT2D eigenvalue weighted by Crippen LogP contribution is -2.37. The molecule has 0 aliphatic carbocycles. The molecule has 0 aromatic heterocycles. The molecular formula is C17H16ClN3O4S. The molecule has 1 amide bonds. The number of amides is 1. The normalized spacial score (nSPS) is 10.7. The molecule has 26 heavy (non-hydrogen) atoms. The highest BCUT2D eigenvalue weighted by Crippen LogP contribution is 2.28. The van der Waals surface area contributed by atoms with E-state index in [1.165, 1.54) is 37.4 Å². The topological polar surface area (TPSA) is 99.5 Å². The largest absolute Gasteiger partial charge is 0.495 e. The fourth-order valence-electron chi connectivity index (χ4n) is 2.20. The first-order valence-electron chi connectivity index (χ1n) is 7.36. The van der Waals surface area contributed by atoms with Gasteiger partial charge in [0.15, 0.2) is 0 Å². The van der Waals surface area contributed by atoms with Gasteiger partial charge in [0.25, 0.3) is 0 Å². The number of nitrogens with one attached hydrogen (secondary N) is 1. The Morgan fingerprint density at radius 1 is 1.27 bits per heavy atom. The standard InChI is InChI=1S/C17H16ClN3O4S/c1-25-16-8-5-13(18)9-15(16)20-17(22)11-21(26(2,23)24)14-6-3-12(10-19)4-7-14/h3-9H,11H2,1-2H3,(H,20,22). The first-order chi connectivity index (χ1) is 12.2. The van der Waals surface area contributed by atoms with Crippen LogP contribution in [0.3, 0.4) is 0 Å². The smallest absolute Gasteiger partial charge is 0.245 e. The number of halogens is 1. The quantitative estimate of drug-likeness (QED) is 0.813. The lowest BCUT2D eigenvalue weighted by atomic mass is 10.2. The third-order valence-corrected chi connectivity index (χ3v) is 4.78. The van der Waals surface area contributed by atoms with Crippen LogP contribution in [0, 0.1) is 11.3 Å². The zero-order valence-electron chi connectivity index (χ0n) is 14.1. The van der Waals surface area contributed by atoms with Gasteiger partial charge in [0.05, 0.1) is 36.4 Å². The van der Waals surface area contributed by atoms with E-state index in [1.807, 2.05) is 6.07 Å². The van der Waals surface area contributed by atoms with Gasteiger partial charge in [-0.3, -0.25) is 9.10 Å². The summed E-state index contributed by atoms with van der Waals surface area (Å²) in [4.78, 5) is 12.4. The maximum atomic E-state index is 12.4. The van der Waals surface area contributed by atoms with Crippen molar-refractivity contribution in [3.05, 3.63) is 53.1 Å². The van der Waals surface area contributed by atoms with Gasteiger partial charge in [-0.2, -0.15) is 5.26 Å². The summed E-state index contributed by atoms with van der Waals surface area (Å²) in [5, 5.41) is 11.8. The highest BCUT2D eigenvalue weighted by molar-refractivity contribution is 7.92. The van der Waals surface area contributed by atoms with Gasteiger partial charge in [-0.05, 0) is 42.5 Å². The number of rotatable bonds is 6. The van der Waals surface area contributed by atoms with Crippen molar-refractivity contribution >= 4 is 38.9 Å². The van der Waals surface area contributed by atoms with Crippen LogP contribution in [0.5, 0.6) is 5.75 Å². The van der Waals surface area contributed by atoms with Crippen molar-refractivity contribution in [3.63, 3.8) is 0 Å². The minimum Gasteiger partial charge on any atom is -0.495 e. The van der Waals surface area contributed by atoms with E-state index in [9.17, 15) is 13.2 Å². The van der Waals surface area contributed by atoms with Crippen LogP contribution in [0.2, 0.25) is 5.02 Å². The maximum absolute atomic E-state index is 12.4. The van der Waals surface area contributed by atoms with Crippen LogP contribution in [0.4, 0.5) is 11.4 Å². The van der Waals surface area contributed by atoms with Gasteiger partial charge in [0, 0.05) is 5.02 Å². The zero-order valence-corrected chi connectivity index (χ0v) is 15.6. The van der Waals surface area contributed by atoms with E-state index in [0.29, 0.717) is 22.0 Å². The van der Waals surface area contributed by atoms with Crippen LogP contribution in [-0.2, 0) is 14.8 Å². The zero-order chi connectivity index (χ0) is 19.3. The number of sulfonamides is 1. The average Bonchev–Trinajstić information content (AvgIpc) is 2.59. The van der Waals surface area contributed by atoms with Gasteiger partial charge < -0.3 is 10.1 Å². The van der Waals surface area contributed by atoms with Crippen molar-refractivity contribution in [2.45, 2.75) is 0 Å². The van der Waals surface area contributed by atoms with Gasteiger partial charge in [0.2, 0.25) is 15.9 Å². The monoisotopic (exact) mass is 393 g/mol. The van der Waals surface area contributed by atoms with Crippen molar-refractivity contribution in [1.82, 2.24) is 0 Å². The highest BCUT2D eigenvalue weighted by atomic mass is 35.5. The van der Waals surface area contributed by atoms with Crippen molar-refractivity contribution in [2.75, 3.05) is 29.5 Å². The first-order valence-corrected chi connectivity index (χ1v) is 9.58. The van der Waals surface area contributed by atoms with Gasteiger partial charge >= 0.3 is 0 Å². The van der Waals surface area contributed by atoms with Crippen LogP contribution in [0.15, 0.2) is 42.5 Å². The van der Waals surface area contributed by atoms with Crippen LogP contribution in [0.25, 0.3) is 0 Å². The second-order valence-electron chi connectivity index (χ2n) is 5.32. The minimum absolute atomic E-state index is 0.278. The number of nitrogens with zero attached hydrogens (tertiary/aromatic N) is 2. The Hall–Kier alpha value is -2.76. The van der Waals surface area contributed by atoms with E-state index >= 15 is 0 Å². The number of hydrogen-bond acceptors (Lipinski definition) is 5. The number of carbonyl (C=O) groups is 1. The number of ether oxygens (including phenoxy) is 1. The molecule has 0 atom stereocenters. The summed E-state index contributed by atoms with van der Waals surface area (Å²) >= 11 is 5.92. The molecule has 1 N–H and O–H groups in total. The number of carbonyl (C=O) groups excluding carboxylic acids is 1. The summed E-state index contributed by atoms with van der Waals surface area (Å²) in [6.45, 7) is -0.444. The number of methoxy groups -OCH3 is 1. The molecule has 2 aromatic rings. The summed E-state index contributed by atoms with van der Waals surface area (Å²) < 4.78 is 30.3. The van der Waals surface area contributed by atoms with E-state index in [2.05, 4.69) is 5.32 Å². The van der Waals surface area contributed by atoms with E-state index < -0.39 is 22.5 Å². The molecule has 0 spiro atoms. The minimum atomic E-state index is -3.72. The number of anilines is 2. The predicted molar refractivity (Wildman–Crippen MR) is 100.0 cm³/mol. The molecule has 2 rings (SSSR count). The SMILES string of the molecule is COc1ccc(Cl)cc1NC(=O)CN(c1ccc(C#N)cc1)S(C)(=O)=O. The van der Waals surface area contributed by atoms with E-state index in [1.54, 1.807) is 12.1 Å². The Kier molecular flexibility index (Phi) is 6.08. The highest BCUT2D eigenvalue weighted by Gasteiger charge is 2.21. The molecule has 0 unspecified atom stereocenters. The van der Waals surface area contributed by atoms with E-state index in [4.69, 9.17) is 21.6 Å². The molecule has 0 bridgehead atoms. The average molecular weight is 394 g/mol. The molecule has 0 aliphatic heterocycles. The van der Waals surface area contributed by atoms with Crippen LogP contribution >= 0.6 is 11.6 Å². The van der Waals surface area contributed by atoms with Gasteiger partial charge in [-0.25, -0.2) is 8.42 Å². The first kappa shape index (κ1) is 19.6. The second kappa shape index (κ2) is 8.08. The third-order valence-electron chi connectivity index (χ3n) is 3.41. The van der Waals surface area contributed by atoms with Gasteiger partial charge in [-0.1, -0.05) is 11.6 Å². The summed E-state index contributed by atoms with van der Waals surface area (Å²) in [6, 6.07) is 12.5. The molecule has 0 heterocycles. The molecule has 0 aliphatic rings. The molecule has 7 nitrogen and oxygen atoms in total. The second-order valence-corrected chi connectivity index (χ2v) is 7.66. The lowest BCUT2D eigenvalue weighted by Gasteiger charge is -2.22. The van der Waals surface area contributed by atoms with E-state index in [-0.39, 0.29) is 5.69 Å². The number of nitriles is 1. The summed E-state index contributed by atoms with van der Waals surface area (Å²) in [5.41, 5.74) is 0.994. The van der Waals surface area contributed by atoms with Gasteiger partial charge in [-0.15, -0.1) is 0 Å². The van der Waals surface area contributed by atoms with Crippen LogP contribution in [-0.4, -0.2) is 34.2 Å². The molecule has 9 heteroatoms. The maximum Gasteiger partial charge on any atom is 0.245 e. The Morgan fingerprint density at radius 3 is 2.46 bits per heavy atom. The van der Waals surface area contributed by atoms with Crippen LogP contribution in [0.1, 0.15) is 5.56 Å². The van der Waals surface area contributed by atoms with Crippen molar-refractivity contribution < 1.29 is 17.9 Å². The van der Waals surface area contributed by atoms with Crippen molar-refractivity contribution in [1.29, 1.82) is 5.26 Å². The predicted octanol–water partition coefficient (Wildman–Crippen LogP) is 2.62. The Morgan fingerprint density at radius 2 is 1.92 bits per heavy atom. The van der Waals surface area contributed by atoms with Crippen LogP contribution < -0.4 is 14.4 Å². The molecule has 0 saturated carbocycles. The molecular weight excluding hydrogens is 378 g/mol. The molecule has 0 radical (unpaired) electrons. The number of benzene rings is 2. The van der Waals surface area contributed by atoms with Crippen molar-refractivity contribution in [3.8, 4) is 11.8 Å². The fraction of sp³-hybridized carbons (Fsp3) is 0.176. The van der Waals surface area contributed by atoms with Crippen molar-refractivity contribution in [2.24, 2.45) is 0 Å². The lowest BCUT2D eigenvalue weighted by molar-refractivity contribution is -0.114. The third kappa shape index (κ3) is 4.88. The Bertz CT molecular complexity index is 953. The Labute approximate surface area is 156 Å². The number of hydrogen-bond donors (Lipinski definition) is 1. The summed E-state index contributed by atoms with van der Waals surface area (Å²) in [6.07, 6.45) is 0.998. The molecule has 2 aromatic carbocycles. The molecule has 136 valence electrons. The van der Waals surface area contributed by atoms with Gasteiger partial charge in [0.1, 0.15) is 12.3 Å².